The van der Waals surface area contributed by atoms with Gasteiger partial charge in [0.2, 0.25) is 11.8 Å². The van der Waals surface area contributed by atoms with Crippen molar-refractivity contribution in [2.45, 2.75) is 48.5 Å². The van der Waals surface area contributed by atoms with Gasteiger partial charge in [0, 0.05) is 11.7 Å². The number of rotatable bonds is 15. The third-order valence-electron chi connectivity index (χ3n) is 10.4. The van der Waals surface area contributed by atoms with E-state index in [1.165, 1.54) is 11.8 Å². The number of ether oxygens (including phenoxy) is 2. The molecule has 5 aromatic rings. The van der Waals surface area contributed by atoms with Crippen molar-refractivity contribution >= 4 is 35.6 Å². The molecule has 2 aliphatic rings. The molecular formula is C46H45N3O6S. The van der Waals surface area contributed by atoms with E-state index in [0.29, 0.717) is 0 Å². The minimum absolute atomic E-state index is 0.0979. The number of hydrogen-bond donors (Lipinski definition) is 3. The van der Waals surface area contributed by atoms with Gasteiger partial charge in [-0.05, 0) is 64.6 Å². The summed E-state index contributed by atoms with van der Waals surface area (Å²) in [5.41, 5.74) is 7.35. The molecule has 0 aliphatic heterocycles. The number of carbonyl (C=O) groups excluding carboxylic acids is 4. The Labute approximate surface area is 331 Å². The van der Waals surface area contributed by atoms with E-state index < -0.39 is 41.2 Å². The van der Waals surface area contributed by atoms with Crippen LogP contribution in [0.3, 0.4) is 0 Å². The maximum Gasteiger partial charge on any atom is 0.407 e. The van der Waals surface area contributed by atoms with Gasteiger partial charge >= 0.3 is 12.1 Å². The van der Waals surface area contributed by atoms with E-state index in [-0.39, 0.29) is 30.9 Å². The van der Waals surface area contributed by atoms with Gasteiger partial charge in [-0.2, -0.15) is 0 Å². The maximum atomic E-state index is 13.9. The third kappa shape index (κ3) is 8.81. The molecule has 2 aliphatic carbocycles. The van der Waals surface area contributed by atoms with Crippen molar-refractivity contribution in [3.8, 4) is 11.1 Å². The molecule has 1 saturated carbocycles. The molecule has 1 atom stereocenters. The molecule has 3 amide bonds. The van der Waals surface area contributed by atoms with Crippen LogP contribution in [0, 0.1) is 0 Å². The van der Waals surface area contributed by atoms with E-state index in [4.69, 9.17) is 9.47 Å². The van der Waals surface area contributed by atoms with Crippen molar-refractivity contribution in [1.82, 2.24) is 16.0 Å². The largest absolute Gasteiger partial charge is 0.461 e. The van der Waals surface area contributed by atoms with Crippen LogP contribution in [0.1, 0.15) is 59.4 Å². The zero-order chi connectivity index (χ0) is 38.7. The Bertz CT molecular complexity index is 1980. The van der Waals surface area contributed by atoms with Crippen LogP contribution in [0.25, 0.3) is 11.1 Å². The van der Waals surface area contributed by atoms with Gasteiger partial charge in [0.05, 0.1) is 4.75 Å². The lowest BCUT2D eigenvalue weighted by Crippen LogP contribution is -2.52. The molecule has 0 bridgehead atoms. The summed E-state index contributed by atoms with van der Waals surface area (Å²) >= 11 is 1.50. The quantitative estimate of drug-likeness (QED) is 0.0753. The first-order chi connectivity index (χ1) is 27.4. The topological polar surface area (TPSA) is 123 Å². The van der Waals surface area contributed by atoms with Crippen LogP contribution in [0.15, 0.2) is 140 Å². The monoisotopic (exact) mass is 767 g/mol. The molecule has 0 unspecified atom stereocenters. The molecule has 5 aromatic carbocycles. The number of nitrogens with one attached hydrogen (secondary N) is 3. The first kappa shape index (κ1) is 38.4. The van der Waals surface area contributed by atoms with Crippen molar-refractivity contribution in [2.75, 3.05) is 25.4 Å². The second kappa shape index (κ2) is 18.2. The zero-order valence-corrected chi connectivity index (χ0v) is 31.8. The zero-order valence-electron chi connectivity index (χ0n) is 31.0. The second-order valence-electron chi connectivity index (χ2n) is 14.0. The summed E-state index contributed by atoms with van der Waals surface area (Å²) in [4.78, 5) is 53.0. The molecule has 1 fully saturated rings. The first-order valence-corrected chi connectivity index (χ1v) is 20.1. The number of fused-ring (bicyclic) bond motifs is 3. The number of esters is 1. The molecule has 10 heteroatoms. The highest BCUT2D eigenvalue weighted by Crippen LogP contribution is 2.49. The summed E-state index contributed by atoms with van der Waals surface area (Å²) < 4.78 is 10.4. The molecule has 3 N–H and O–H groups in total. The van der Waals surface area contributed by atoms with E-state index in [2.05, 4.69) is 64.5 Å². The Morgan fingerprint density at radius 1 is 0.643 bits per heavy atom. The molecule has 56 heavy (non-hydrogen) atoms. The predicted octanol–water partition coefficient (Wildman–Crippen LogP) is 7.34. The molecule has 7 rings (SSSR count). The van der Waals surface area contributed by atoms with Crippen molar-refractivity contribution in [3.63, 3.8) is 0 Å². The van der Waals surface area contributed by atoms with Gasteiger partial charge in [-0.3, -0.25) is 14.4 Å². The fraction of sp³-hybridized carbons (Fsp3) is 0.261. The van der Waals surface area contributed by atoms with Gasteiger partial charge in [0.15, 0.2) is 0 Å². The highest BCUT2D eigenvalue weighted by atomic mass is 32.2. The standard InChI is InChI=1S/C46H45N3O6S/c50-42(28-48-45(53)54-30-40-38-26-14-12-24-36(38)37-25-13-15-27-39(37)40)49-41(44(52)47-29-43(51)55-35-22-10-11-23-35)31-56-46(32-16-4-1-5-17-32,33-18-6-2-7-19-33)34-20-8-3-9-21-34/h1-9,12-21,24-27,35,40-41H,10-11,22-23,28-31H2,(H,47,52)(H,48,53)(H,49,50)/t41-/m0/s1. The average molecular weight is 768 g/mol. The summed E-state index contributed by atoms with van der Waals surface area (Å²) in [7, 11) is 0. The lowest BCUT2D eigenvalue weighted by atomic mass is 9.84. The number of alkyl carbamates (subject to hydrolysis) is 1. The number of thioether (sulfide) groups is 1. The highest BCUT2D eigenvalue weighted by molar-refractivity contribution is 8.00. The molecule has 0 saturated heterocycles. The summed E-state index contributed by atoms with van der Waals surface area (Å²) in [5.74, 6) is -1.66. The van der Waals surface area contributed by atoms with Crippen molar-refractivity contribution < 1.29 is 28.7 Å². The van der Waals surface area contributed by atoms with Gasteiger partial charge in [0.1, 0.15) is 31.8 Å². The van der Waals surface area contributed by atoms with Gasteiger partial charge in [-0.15, -0.1) is 11.8 Å². The summed E-state index contributed by atoms with van der Waals surface area (Å²) in [6, 6.07) is 45.1. The van der Waals surface area contributed by atoms with E-state index in [9.17, 15) is 19.2 Å². The van der Waals surface area contributed by atoms with E-state index >= 15 is 0 Å². The molecule has 0 aromatic heterocycles. The van der Waals surface area contributed by atoms with Gasteiger partial charge in [-0.25, -0.2) is 4.79 Å². The molecule has 286 valence electrons. The summed E-state index contributed by atoms with van der Waals surface area (Å²) in [6.07, 6.45) is 2.75. The van der Waals surface area contributed by atoms with Crippen LogP contribution < -0.4 is 16.0 Å². The number of carbonyl (C=O) groups is 4. The summed E-state index contributed by atoms with van der Waals surface area (Å²) in [6.45, 7) is -0.651. The van der Waals surface area contributed by atoms with Gasteiger partial charge in [-0.1, -0.05) is 140 Å². The van der Waals surface area contributed by atoms with E-state index in [1.54, 1.807) is 0 Å². The molecule has 0 spiro atoms. The number of amides is 3. The second-order valence-corrected chi connectivity index (χ2v) is 15.2. The SMILES string of the molecule is O=C(CNC(=O)OCC1c2ccccc2-c2ccccc21)N[C@@H](CSC(c1ccccc1)(c1ccccc1)c1ccccc1)C(=O)NCC(=O)OC1CCCC1. The number of benzene rings is 5. The van der Waals surface area contributed by atoms with Crippen molar-refractivity contribution in [1.29, 1.82) is 0 Å². The normalized spacial score (nSPS) is 14.2. The Morgan fingerprint density at radius 3 is 1.68 bits per heavy atom. The van der Waals surface area contributed by atoms with Crippen LogP contribution in [-0.4, -0.2) is 61.5 Å². The molecular weight excluding hydrogens is 723 g/mol. The lowest BCUT2D eigenvalue weighted by Gasteiger charge is -2.36. The Morgan fingerprint density at radius 2 is 1.14 bits per heavy atom. The fourth-order valence-corrected chi connectivity index (χ4v) is 9.28. The van der Waals surface area contributed by atoms with E-state index in [0.717, 1.165) is 64.6 Å². The van der Waals surface area contributed by atoms with Gasteiger partial charge in [0.25, 0.3) is 0 Å². The van der Waals surface area contributed by atoms with E-state index in [1.807, 2.05) is 91.0 Å². The Balaban J connectivity index is 1.06. The lowest BCUT2D eigenvalue weighted by molar-refractivity contribution is -0.148. The number of hydrogen-bond acceptors (Lipinski definition) is 7. The Hall–Kier alpha value is -5.87. The minimum Gasteiger partial charge on any atom is -0.461 e. The van der Waals surface area contributed by atoms with Crippen LogP contribution in [-0.2, 0) is 28.6 Å². The third-order valence-corrected chi connectivity index (χ3v) is 12.0. The minimum atomic E-state index is -1.08. The molecule has 9 nitrogen and oxygen atoms in total. The predicted molar refractivity (Wildman–Crippen MR) is 218 cm³/mol. The molecule has 0 heterocycles. The maximum absolute atomic E-state index is 13.9. The van der Waals surface area contributed by atoms with Crippen molar-refractivity contribution in [2.24, 2.45) is 0 Å². The van der Waals surface area contributed by atoms with Crippen LogP contribution >= 0.6 is 11.8 Å². The first-order valence-electron chi connectivity index (χ1n) is 19.1. The van der Waals surface area contributed by atoms with Crippen molar-refractivity contribution in [3.05, 3.63) is 167 Å². The Kier molecular flexibility index (Phi) is 12.5. The average Bonchev–Trinajstić information content (AvgIpc) is 3.88. The van der Waals surface area contributed by atoms with Crippen LogP contribution in [0.4, 0.5) is 4.79 Å². The fourth-order valence-electron chi connectivity index (χ4n) is 7.72. The summed E-state index contributed by atoms with van der Waals surface area (Å²) in [5, 5.41) is 8.07. The van der Waals surface area contributed by atoms with Gasteiger partial charge < -0.3 is 25.4 Å². The molecule has 0 radical (unpaired) electrons. The smallest absolute Gasteiger partial charge is 0.407 e. The van der Waals surface area contributed by atoms with Crippen LogP contribution in [0.5, 0.6) is 0 Å². The highest BCUT2D eigenvalue weighted by Gasteiger charge is 2.39. The van der Waals surface area contributed by atoms with Crippen LogP contribution in [0.2, 0.25) is 0 Å².